The van der Waals surface area contributed by atoms with Crippen LogP contribution < -0.4 is 10.6 Å². The van der Waals surface area contributed by atoms with E-state index in [4.69, 9.17) is 0 Å². The van der Waals surface area contributed by atoms with E-state index in [0.717, 1.165) is 16.5 Å². The average Bonchev–Trinajstić information content (AvgIpc) is 3.35. The molecule has 1 aliphatic rings. The topological polar surface area (TPSA) is 94.3 Å². The van der Waals surface area contributed by atoms with Crippen LogP contribution in [0, 0.1) is 0 Å². The number of H-pyrrole nitrogens is 2. The molecular formula is C21H21F2N7. The van der Waals surface area contributed by atoms with E-state index in [-0.39, 0.29) is 24.8 Å². The summed E-state index contributed by atoms with van der Waals surface area (Å²) >= 11 is 0. The second-order valence-corrected chi connectivity index (χ2v) is 7.75. The average molecular weight is 409 g/mol. The first-order valence-corrected chi connectivity index (χ1v) is 9.82. The molecule has 1 saturated carbocycles. The first-order chi connectivity index (χ1) is 14.4. The second-order valence-electron chi connectivity index (χ2n) is 7.75. The fraction of sp³-hybridized carbons (Fsp3) is 0.286. The number of benzene rings is 1. The van der Waals surface area contributed by atoms with Gasteiger partial charge in [-0.05, 0) is 42.1 Å². The summed E-state index contributed by atoms with van der Waals surface area (Å²) < 4.78 is 26.2. The van der Waals surface area contributed by atoms with E-state index in [2.05, 4.69) is 54.0 Å². The van der Waals surface area contributed by atoms with Crippen molar-refractivity contribution >= 4 is 28.5 Å². The molecular weight excluding hydrogens is 388 g/mol. The maximum absolute atomic E-state index is 13.1. The minimum absolute atomic E-state index is 0.0109. The lowest BCUT2D eigenvalue weighted by atomic mass is 9.79. The predicted octanol–water partition coefficient (Wildman–Crippen LogP) is 5.11. The van der Waals surface area contributed by atoms with Crippen molar-refractivity contribution in [3.05, 3.63) is 60.0 Å². The summed E-state index contributed by atoms with van der Waals surface area (Å²) in [5.41, 5.74) is 2.93. The Bertz CT molecular complexity index is 1170. The van der Waals surface area contributed by atoms with E-state index in [1.165, 1.54) is 0 Å². The minimum Gasteiger partial charge on any atom is -0.361 e. The Balaban J connectivity index is 1.25. The molecule has 0 amide bonds. The number of aromatic nitrogens is 5. The lowest BCUT2D eigenvalue weighted by Crippen LogP contribution is -2.33. The van der Waals surface area contributed by atoms with Gasteiger partial charge in [0.15, 0.2) is 5.82 Å². The maximum atomic E-state index is 13.1. The van der Waals surface area contributed by atoms with Gasteiger partial charge in [-0.15, -0.1) is 0 Å². The molecule has 5 rings (SSSR count). The van der Waals surface area contributed by atoms with Gasteiger partial charge in [-0.25, -0.2) is 13.8 Å². The summed E-state index contributed by atoms with van der Waals surface area (Å²) in [6, 6.07) is 11.8. The summed E-state index contributed by atoms with van der Waals surface area (Å²) in [7, 11) is 0. The summed E-state index contributed by atoms with van der Waals surface area (Å²) in [5, 5.41) is 14.6. The molecule has 4 N–H and O–H groups in total. The summed E-state index contributed by atoms with van der Waals surface area (Å²) in [4.78, 5) is 12.0. The third kappa shape index (κ3) is 3.70. The van der Waals surface area contributed by atoms with Crippen LogP contribution in [0.5, 0.6) is 0 Å². The van der Waals surface area contributed by atoms with E-state index in [1.807, 2.05) is 19.2 Å². The number of hydrogen-bond acceptors (Lipinski definition) is 5. The molecule has 30 heavy (non-hydrogen) atoms. The predicted molar refractivity (Wildman–Crippen MR) is 111 cm³/mol. The van der Waals surface area contributed by atoms with Crippen molar-refractivity contribution in [2.75, 3.05) is 10.6 Å². The van der Waals surface area contributed by atoms with Gasteiger partial charge in [-0.2, -0.15) is 10.1 Å². The van der Waals surface area contributed by atoms with Gasteiger partial charge in [0.2, 0.25) is 11.9 Å². The van der Waals surface area contributed by atoms with Crippen LogP contribution in [-0.2, 0) is 0 Å². The Morgan fingerprint density at radius 3 is 2.83 bits per heavy atom. The summed E-state index contributed by atoms with van der Waals surface area (Å²) in [5.74, 6) is -1.15. The number of hydrogen-bond donors (Lipinski definition) is 4. The van der Waals surface area contributed by atoms with Crippen LogP contribution in [0.25, 0.3) is 10.9 Å². The van der Waals surface area contributed by atoms with Gasteiger partial charge in [-0.1, -0.05) is 6.07 Å². The van der Waals surface area contributed by atoms with E-state index < -0.39 is 5.92 Å². The molecule has 154 valence electrons. The Morgan fingerprint density at radius 1 is 1.13 bits per heavy atom. The third-order valence-corrected chi connectivity index (χ3v) is 5.46. The lowest BCUT2D eigenvalue weighted by Gasteiger charge is -2.33. The molecule has 0 spiro atoms. The molecule has 1 aromatic carbocycles. The Labute approximate surface area is 171 Å². The highest BCUT2D eigenvalue weighted by atomic mass is 19.3. The summed E-state index contributed by atoms with van der Waals surface area (Å²) in [6.45, 7) is 2.05. The standard InChI is InChI=1S/C21H21F2N7/c1-12(13-2-3-16-14(8-13)4-6-24-16)26-20-25-7-5-18(28-20)27-19-9-17(29-30-19)15-10-21(22,23)11-15/h2-9,12,15,24H,10-11H2,1H3,(H3,25,26,27,28,29,30). The number of nitrogens with zero attached hydrogens (tertiary/aromatic N) is 3. The van der Waals surface area contributed by atoms with Crippen LogP contribution in [-0.4, -0.2) is 31.1 Å². The molecule has 0 aliphatic heterocycles. The molecule has 7 nitrogen and oxygen atoms in total. The van der Waals surface area contributed by atoms with Gasteiger partial charge >= 0.3 is 0 Å². The zero-order valence-electron chi connectivity index (χ0n) is 16.3. The van der Waals surface area contributed by atoms with E-state index in [9.17, 15) is 8.78 Å². The van der Waals surface area contributed by atoms with Gasteiger partial charge in [0, 0.05) is 48.4 Å². The Hall–Kier alpha value is -3.49. The molecule has 3 aromatic heterocycles. The van der Waals surface area contributed by atoms with Crippen LogP contribution in [0.1, 0.15) is 43.0 Å². The van der Waals surface area contributed by atoms with Crippen LogP contribution in [0.2, 0.25) is 0 Å². The molecule has 4 aromatic rings. The minimum atomic E-state index is -2.56. The van der Waals surface area contributed by atoms with Crippen molar-refractivity contribution in [2.24, 2.45) is 0 Å². The van der Waals surface area contributed by atoms with Gasteiger partial charge < -0.3 is 15.6 Å². The molecule has 1 atom stereocenters. The molecule has 1 fully saturated rings. The number of halogens is 2. The van der Waals surface area contributed by atoms with Crippen molar-refractivity contribution in [2.45, 2.75) is 37.6 Å². The number of aromatic amines is 2. The van der Waals surface area contributed by atoms with Gasteiger partial charge in [-0.3, -0.25) is 5.10 Å². The van der Waals surface area contributed by atoms with E-state index in [0.29, 0.717) is 23.3 Å². The first kappa shape index (κ1) is 18.5. The van der Waals surface area contributed by atoms with Crippen molar-refractivity contribution in [3.8, 4) is 0 Å². The number of rotatable bonds is 6. The second kappa shape index (κ2) is 7.08. The SMILES string of the molecule is CC(Nc1nccc(Nc2cc(C3CC(F)(F)C3)[nH]n2)n1)c1ccc2[nH]ccc2c1. The fourth-order valence-corrected chi connectivity index (χ4v) is 3.74. The van der Waals surface area contributed by atoms with Crippen molar-refractivity contribution < 1.29 is 8.78 Å². The molecule has 3 heterocycles. The fourth-order valence-electron chi connectivity index (χ4n) is 3.74. The van der Waals surface area contributed by atoms with Crippen LogP contribution in [0.4, 0.5) is 26.4 Å². The molecule has 1 aliphatic carbocycles. The normalized spacial score (nSPS) is 16.9. The zero-order chi connectivity index (χ0) is 20.7. The number of fused-ring (bicyclic) bond motifs is 1. The van der Waals surface area contributed by atoms with E-state index in [1.54, 1.807) is 18.3 Å². The third-order valence-electron chi connectivity index (χ3n) is 5.46. The molecule has 1 unspecified atom stereocenters. The number of nitrogens with one attached hydrogen (secondary N) is 4. The van der Waals surface area contributed by atoms with Crippen LogP contribution >= 0.6 is 0 Å². The molecule has 0 saturated heterocycles. The highest BCUT2D eigenvalue weighted by Gasteiger charge is 2.46. The van der Waals surface area contributed by atoms with E-state index >= 15 is 0 Å². The highest BCUT2D eigenvalue weighted by Crippen LogP contribution is 2.48. The Kier molecular flexibility index (Phi) is 4.38. The molecule has 0 bridgehead atoms. The summed E-state index contributed by atoms with van der Waals surface area (Å²) in [6.07, 6.45) is 3.30. The van der Waals surface area contributed by atoms with Crippen molar-refractivity contribution in [1.82, 2.24) is 25.1 Å². The largest absolute Gasteiger partial charge is 0.361 e. The zero-order valence-corrected chi connectivity index (χ0v) is 16.3. The monoisotopic (exact) mass is 409 g/mol. The Morgan fingerprint density at radius 2 is 2.00 bits per heavy atom. The lowest BCUT2D eigenvalue weighted by molar-refractivity contribution is -0.0876. The van der Waals surface area contributed by atoms with Gasteiger partial charge in [0.05, 0.1) is 6.04 Å². The van der Waals surface area contributed by atoms with Gasteiger partial charge in [0.1, 0.15) is 5.82 Å². The number of alkyl halides is 2. The van der Waals surface area contributed by atoms with Crippen LogP contribution in [0.3, 0.4) is 0 Å². The van der Waals surface area contributed by atoms with Crippen molar-refractivity contribution in [3.63, 3.8) is 0 Å². The quantitative estimate of drug-likeness (QED) is 0.355. The molecule has 9 heteroatoms. The highest BCUT2D eigenvalue weighted by molar-refractivity contribution is 5.80. The maximum Gasteiger partial charge on any atom is 0.249 e. The smallest absolute Gasteiger partial charge is 0.249 e. The molecule has 0 radical (unpaired) electrons. The van der Waals surface area contributed by atoms with Crippen molar-refractivity contribution in [1.29, 1.82) is 0 Å². The number of anilines is 3. The van der Waals surface area contributed by atoms with Gasteiger partial charge in [0.25, 0.3) is 0 Å². The first-order valence-electron chi connectivity index (χ1n) is 9.82. The van der Waals surface area contributed by atoms with Crippen LogP contribution in [0.15, 0.2) is 48.8 Å².